The molecule has 43 heavy (non-hydrogen) atoms. The minimum atomic E-state index is -0.379. The molecule has 0 radical (unpaired) electrons. The van der Waals surface area contributed by atoms with Crippen LogP contribution in [0.1, 0.15) is 49.9 Å². The zero-order chi connectivity index (χ0) is 29.7. The fourth-order valence-corrected chi connectivity index (χ4v) is 7.32. The number of hydrogen-bond donors (Lipinski definition) is 0. The van der Waals surface area contributed by atoms with Crippen LogP contribution in [0, 0.1) is 0 Å². The van der Waals surface area contributed by atoms with Crippen LogP contribution < -0.4 is 9.80 Å². The third-order valence-electron chi connectivity index (χ3n) is 9.77. The minimum absolute atomic E-state index is 0.00163. The molecule has 3 aliphatic heterocycles. The largest absolute Gasteiger partial charge is 0.361 e. The van der Waals surface area contributed by atoms with Gasteiger partial charge in [-0.15, -0.1) is 0 Å². The van der Waals surface area contributed by atoms with E-state index >= 15 is 0 Å². The average molecular weight is 566 g/mol. The number of anilines is 2. The molecule has 5 aromatic rings. The fraction of sp³-hybridized carbons (Fsp3) is 0.263. The van der Waals surface area contributed by atoms with Gasteiger partial charge in [0.05, 0.1) is 30.1 Å². The Morgan fingerprint density at radius 1 is 0.651 bits per heavy atom. The van der Waals surface area contributed by atoms with Crippen LogP contribution in [0.25, 0.3) is 27.5 Å². The van der Waals surface area contributed by atoms with Gasteiger partial charge in [-0.2, -0.15) is 0 Å². The van der Waals surface area contributed by atoms with Crippen molar-refractivity contribution in [3.05, 3.63) is 126 Å². The Hall–Kier alpha value is -4.64. The normalized spacial score (nSPS) is 19.4. The Labute approximate surface area is 254 Å². The van der Waals surface area contributed by atoms with Crippen molar-refractivity contribution in [3.8, 4) is 5.69 Å². The summed E-state index contributed by atoms with van der Waals surface area (Å²) in [6.45, 7) is 11.1. The van der Waals surface area contributed by atoms with Crippen molar-refractivity contribution < 1.29 is 0 Å². The molecular weight excluding hydrogens is 526 g/mol. The van der Waals surface area contributed by atoms with Crippen molar-refractivity contribution in [3.63, 3.8) is 0 Å². The van der Waals surface area contributed by atoms with Gasteiger partial charge in [0, 0.05) is 66.5 Å². The molecule has 0 saturated carbocycles. The SMILES string of the molecule is CN1C=CN(c2cc(C(C)(C)C)cc(C3(C)c4cc(N5C=CN(C)C5)ccc4-n4c5ccccc5c5cccc3c54)c2)C1. The Kier molecular flexibility index (Phi) is 5.41. The first-order valence-electron chi connectivity index (χ1n) is 15.3. The summed E-state index contributed by atoms with van der Waals surface area (Å²) in [4.78, 5) is 9.15. The molecule has 216 valence electrons. The molecule has 1 aromatic heterocycles. The summed E-state index contributed by atoms with van der Waals surface area (Å²) in [6.07, 6.45) is 8.70. The zero-order valence-electron chi connectivity index (χ0n) is 26.0. The second kappa shape index (κ2) is 8.93. The van der Waals surface area contributed by atoms with Crippen LogP contribution in [0.3, 0.4) is 0 Å². The number of fused-ring (bicyclic) bond motifs is 5. The molecule has 0 saturated heterocycles. The van der Waals surface area contributed by atoms with Gasteiger partial charge < -0.3 is 24.2 Å². The van der Waals surface area contributed by atoms with Gasteiger partial charge >= 0.3 is 0 Å². The first-order chi connectivity index (χ1) is 20.6. The summed E-state index contributed by atoms with van der Waals surface area (Å²) >= 11 is 0. The molecule has 0 spiro atoms. The number of benzene rings is 4. The van der Waals surface area contributed by atoms with Gasteiger partial charge in [-0.05, 0) is 71.0 Å². The molecule has 5 heteroatoms. The van der Waals surface area contributed by atoms with Crippen molar-refractivity contribution in [2.75, 3.05) is 37.2 Å². The quantitative estimate of drug-likeness (QED) is 0.220. The summed E-state index contributed by atoms with van der Waals surface area (Å²) in [5, 5.41) is 2.62. The maximum atomic E-state index is 2.51. The molecule has 1 atom stereocenters. The number of para-hydroxylation sites is 2. The molecule has 0 aliphatic carbocycles. The highest BCUT2D eigenvalue weighted by molar-refractivity contribution is 6.11. The van der Waals surface area contributed by atoms with Crippen molar-refractivity contribution in [1.82, 2.24) is 14.4 Å². The second-order valence-corrected chi connectivity index (χ2v) is 13.7. The third-order valence-corrected chi connectivity index (χ3v) is 9.77. The van der Waals surface area contributed by atoms with Crippen molar-refractivity contribution in [2.45, 2.75) is 38.5 Å². The van der Waals surface area contributed by atoms with E-state index in [9.17, 15) is 0 Å². The Morgan fingerprint density at radius 3 is 2.05 bits per heavy atom. The molecule has 4 heterocycles. The van der Waals surface area contributed by atoms with E-state index in [1.54, 1.807) is 0 Å². The van der Waals surface area contributed by atoms with E-state index in [-0.39, 0.29) is 10.8 Å². The molecule has 0 fully saturated rings. The van der Waals surface area contributed by atoms with Crippen molar-refractivity contribution in [2.24, 2.45) is 0 Å². The molecule has 5 nitrogen and oxygen atoms in total. The monoisotopic (exact) mass is 565 g/mol. The van der Waals surface area contributed by atoms with E-state index in [2.05, 4.69) is 170 Å². The lowest BCUT2D eigenvalue weighted by molar-refractivity contribution is 0.495. The van der Waals surface area contributed by atoms with Gasteiger partial charge in [-0.25, -0.2) is 0 Å². The topological polar surface area (TPSA) is 17.9 Å². The van der Waals surface area contributed by atoms with Crippen LogP contribution in [0.15, 0.2) is 104 Å². The Morgan fingerprint density at radius 2 is 1.35 bits per heavy atom. The van der Waals surface area contributed by atoms with Gasteiger partial charge in [0.15, 0.2) is 0 Å². The standard InChI is InChI=1S/C38H39N5/c1-37(2,3)26-20-27(22-29(21-26)42-19-17-40(6)25-42)38(4)32-12-9-11-31-30-10-7-8-13-34(30)43(36(31)32)35-15-14-28(23-33(35)38)41-18-16-39(5)24-41/h7-23H,24-25H2,1-6H3. The molecule has 4 aromatic carbocycles. The van der Waals surface area contributed by atoms with Crippen LogP contribution in [0.4, 0.5) is 11.4 Å². The van der Waals surface area contributed by atoms with Gasteiger partial charge in [-0.1, -0.05) is 63.2 Å². The third kappa shape index (κ3) is 3.77. The maximum absolute atomic E-state index is 2.51. The zero-order valence-corrected chi connectivity index (χ0v) is 26.0. The molecule has 8 rings (SSSR count). The lowest BCUT2D eigenvalue weighted by Crippen LogP contribution is -2.32. The summed E-state index contributed by atoms with van der Waals surface area (Å²) in [6, 6.07) is 30.2. The van der Waals surface area contributed by atoms with E-state index < -0.39 is 0 Å². The van der Waals surface area contributed by atoms with Gasteiger partial charge in [0.25, 0.3) is 0 Å². The number of nitrogens with zero attached hydrogens (tertiary/aromatic N) is 5. The van der Waals surface area contributed by atoms with E-state index in [0.29, 0.717) is 0 Å². The summed E-state index contributed by atoms with van der Waals surface area (Å²) in [5.41, 5.74) is 11.3. The molecule has 1 unspecified atom stereocenters. The number of hydrogen-bond acceptors (Lipinski definition) is 4. The highest BCUT2D eigenvalue weighted by atomic mass is 15.3. The van der Waals surface area contributed by atoms with E-state index in [0.717, 1.165) is 13.3 Å². The van der Waals surface area contributed by atoms with E-state index in [1.165, 1.54) is 61.1 Å². The average Bonchev–Trinajstić information content (AvgIpc) is 3.72. The Balaban J connectivity index is 1.46. The lowest BCUT2D eigenvalue weighted by atomic mass is 9.67. The molecule has 0 N–H and O–H groups in total. The summed E-state index contributed by atoms with van der Waals surface area (Å²) in [5.74, 6) is 0. The van der Waals surface area contributed by atoms with Gasteiger partial charge in [0.1, 0.15) is 0 Å². The molecule has 3 aliphatic rings. The van der Waals surface area contributed by atoms with E-state index in [1.807, 2.05) is 0 Å². The van der Waals surface area contributed by atoms with Crippen LogP contribution in [0.2, 0.25) is 0 Å². The highest BCUT2D eigenvalue weighted by Gasteiger charge is 2.41. The maximum Gasteiger partial charge on any atom is 0.0938 e. The van der Waals surface area contributed by atoms with Crippen LogP contribution in [-0.4, -0.2) is 41.8 Å². The van der Waals surface area contributed by atoms with Crippen molar-refractivity contribution in [1.29, 1.82) is 0 Å². The van der Waals surface area contributed by atoms with Gasteiger partial charge in [0.2, 0.25) is 0 Å². The fourth-order valence-electron chi connectivity index (χ4n) is 7.32. The molecule has 0 amide bonds. The first kappa shape index (κ1) is 26.0. The van der Waals surface area contributed by atoms with Crippen LogP contribution >= 0.6 is 0 Å². The minimum Gasteiger partial charge on any atom is -0.361 e. The van der Waals surface area contributed by atoms with Gasteiger partial charge in [-0.3, -0.25) is 0 Å². The number of rotatable bonds is 3. The predicted octanol–water partition coefficient (Wildman–Crippen LogP) is 8.11. The Bertz CT molecular complexity index is 1990. The molecule has 0 bridgehead atoms. The first-order valence-corrected chi connectivity index (χ1v) is 15.3. The number of aromatic nitrogens is 1. The van der Waals surface area contributed by atoms with E-state index in [4.69, 9.17) is 0 Å². The highest BCUT2D eigenvalue weighted by Crippen LogP contribution is 2.52. The van der Waals surface area contributed by atoms with Crippen LogP contribution in [0.5, 0.6) is 0 Å². The molecular formula is C38H39N5. The van der Waals surface area contributed by atoms with Crippen molar-refractivity contribution >= 4 is 33.2 Å². The smallest absolute Gasteiger partial charge is 0.0938 e. The predicted molar refractivity (Wildman–Crippen MR) is 180 cm³/mol. The lowest BCUT2D eigenvalue weighted by Gasteiger charge is -2.40. The second-order valence-electron chi connectivity index (χ2n) is 13.7. The van der Waals surface area contributed by atoms with Crippen LogP contribution in [-0.2, 0) is 10.8 Å². The summed E-state index contributed by atoms with van der Waals surface area (Å²) < 4.78 is 2.51. The summed E-state index contributed by atoms with van der Waals surface area (Å²) in [7, 11) is 4.26.